The molecule has 0 aromatic carbocycles. The summed E-state index contributed by atoms with van der Waals surface area (Å²) in [7, 11) is 0. The number of hydrogen-bond acceptors (Lipinski definition) is 6. The Bertz CT molecular complexity index is 827. The van der Waals surface area contributed by atoms with E-state index in [0.717, 1.165) is 56.8 Å². The minimum absolute atomic E-state index is 0. The molecule has 0 saturated heterocycles. The number of rotatable bonds is 45. The van der Waals surface area contributed by atoms with Gasteiger partial charge in [-0.05, 0) is 56.8 Å². The van der Waals surface area contributed by atoms with Crippen LogP contribution in [0.1, 0.15) is 290 Å². The van der Waals surface area contributed by atoms with Gasteiger partial charge in [-0.15, -0.1) is 0 Å². The van der Waals surface area contributed by atoms with Crippen molar-refractivity contribution in [1.29, 1.82) is 0 Å². The predicted octanol–water partition coefficient (Wildman–Crippen LogP) is 13.9. The number of carboxylic acids is 3. The maximum atomic E-state index is 10.1. The van der Waals surface area contributed by atoms with Gasteiger partial charge in [0.1, 0.15) is 0 Å². The largest absolute Gasteiger partial charge is 3.00 e. The maximum Gasteiger partial charge on any atom is 3.00 e. The molecule has 0 unspecified atom stereocenters. The molecule has 0 heterocycles. The molecule has 0 fully saturated rings. The zero-order valence-electron chi connectivity index (χ0n) is 40.6. The molecule has 0 amide bonds. The van der Waals surface area contributed by atoms with E-state index in [9.17, 15) is 29.7 Å². The number of carbonyl (C=O) groups is 3. The third kappa shape index (κ3) is 76.2. The first kappa shape index (κ1) is 66.1. The molecule has 0 saturated carbocycles. The fourth-order valence-corrected chi connectivity index (χ4v) is 7.38. The van der Waals surface area contributed by atoms with Crippen molar-refractivity contribution in [2.75, 3.05) is 0 Å². The molecule has 61 heavy (non-hydrogen) atoms. The van der Waals surface area contributed by atoms with Crippen molar-refractivity contribution >= 4 is 42.3 Å². The van der Waals surface area contributed by atoms with E-state index in [1.807, 2.05) is 0 Å². The van der Waals surface area contributed by atoms with Crippen molar-refractivity contribution < 1.29 is 29.7 Å². The molecule has 7 heteroatoms. The van der Waals surface area contributed by atoms with E-state index >= 15 is 0 Å². The molecule has 6 nitrogen and oxygen atoms in total. The molecule has 0 aliphatic rings. The molecular weight excluding hydrogens is 866 g/mol. The molecule has 0 rings (SSSR count). The molecule has 2 radical (unpaired) electrons. The van der Waals surface area contributed by atoms with Crippen LogP contribution in [0.25, 0.3) is 0 Å². The van der Waals surface area contributed by atoms with Gasteiger partial charge in [0, 0.05) is 0 Å². The van der Waals surface area contributed by atoms with Crippen LogP contribution in [0.3, 0.4) is 0 Å². The van der Waals surface area contributed by atoms with Crippen molar-refractivity contribution in [3.05, 3.63) is 36.5 Å². The smallest absolute Gasteiger partial charge is 0.545 e. The number of hydrogen-bond donors (Lipinski definition) is 0. The standard InChI is InChI=1S/3C18H34O2.Sb/c3*1-2-3-4-5-6-7-8-9-10-11-12-13-14-15-16-17-18(19)20;/h3*16-17H,2-15H2,1H3,(H,19,20);/q;;;+3/p-3. The van der Waals surface area contributed by atoms with Crippen LogP contribution < -0.4 is 15.3 Å². The topological polar surface area (TPSA) is 120 Å². The summed E-state index contributed by atoms with van der Waals surface area (Å²) >= 11 is 0. The summed E-state index contributed by atoms with van der Waals surface area (Å²) in [5.74, 6) is -3.25. The van der Waals surface area contributed by atoms with Crippen LogP contribution >= 0.6 is 0 Å². The van der Waals surface area contributed by atoms with E-state index < -0.39 is 17.9 Å². The first-order chi connectivity index (χ1) is 29.3. The minimum Gasteiger partial charge on any atom is -0.545 e. The third-order valence-electron chi connectivity index (χ3n) is 11.2. The van der Waals surface area contributed by atoms with E-state index in [1.54, 1.807) is 18.2 Å². The second-order valence-corrected chi connectivity index (χ2v) is 17.3. The Kier molecular flexibility index (Phi) is 67.9. The summed E-state index contributed by atoms with van der Waals surface area (Å²) in [6.07, 6.45) is 63.6. The van der Waals surface area contributed by atoms with Gasteiger partial charge in [-0.25, -0.2) is 0 Å². The van der Waals surface area contributed by atoms with Crippen LogP contribution in [0.5, 0.6) is 0 Å². The first-order valence-electron chi connectivity index (χ1n) is 25.9. The quantitative estimate of drug-likeness (QED) is 0.0340. The fourth-order valence-electron chi connectivity index (χ4n) is 7.38. The van der Waals surface area contributed by atoms with E-state index in [4.69, 9.17) is 0 Å². The zero-order chi connectivity index (χ0) is 44.7. The Balaban J connectivity index is -0.000000396. The van der Waals surface area contributed by atoms with E-state index in [1.165, 1.54) is 231 Å². The second-order valence-electron chi connectivity index (χ2n) is 17.3. The molecule has 0 aliphatic carbocycles. The van der Waals surface area contributed by atoms with Gasteiger partial charge in [-0.1, -0.05) is 270 Å². The summed E-state index contributed by atoms with van der Waals surface area (Å²) in [4.78, 5) is 30.4. The predicted molar refractivity (Wildman–Crippen MR) is 259 cm³/mol. The summed E-state index contributed by atoms with van der Waals surface area (Å²) in [5.41, 5.74) is 0. The first-order valence-corrected chi connectivity index (χ1v) is 25.9. The maximum absolute atomic E-state index is 10.1. The monoisotopic (exact) mass is 965 g/mol. The Morgan fingerprint density at radius 2 is 0.393 bits per heavy atom. The third-order valence-corrected chi connectivity index (χ3v) is 11.2. The summed E-state index contributed by atoms with van der Waals surface area (Å²) < 4.78 is 0. The molecule has 0 spiro atoms. The van der Waals surface area contributed by atoms with Crippen LogP contribution in [0.4, 0.5) is 0 Å². The van der Waals surface area contributed by atoms with Gasteiger partial charge in [-0.3, -0.25) is 0 Å². The fraction of sp³-hybridized carbons (Fsp3) is 0.833. The van der Waals surface area contributed by atoms with Gasteiger partial charge in [-0.2, -0.15) is 0 Å². The molecule has 356 valence electrons. The van der Waals surface area contributed by atoms with Crippen LogP contribution in [-0.4, -0.2) is 42.3 Å². The number of carboxylic acid groups (broad SMARTS) is 3. The van der Waals surface area contributed by atoms with Crippen molar-refractivity contribution in [2.24, 2.45) is 0 Å². The summed E-state index contributed by atoms with van der Waals surface area (Å²) in [5, 5.41) is 30.4. The van der Waals surface area contributed by atoms with E-state index in [2.05, 4.69) is 20.8 Å². The number of aliphatic carboxylic acids is 3. The molecule has 0 bridgehead atoms. The molecule has 0 atom stereocenters. The summed E-state index contributed by atoms with van der Waals surface area (Å²) in [6, 6.07) is 0. The van der Waals surface area contributed by atoms with Gasteiger partial charge in [0.15, 0.2) is 0 Å². The molecule has 0 aromatic heterocycles. The Hall–Kier alpha value is -1.55. The van der Waals surface area contributed by atoms with Crippen LogP contribution in [0.2, 0.25) is 0 Å². The van der Waals surface area contributed by atoms with Crippen molar-refractivity contribution in [2.45, 2.75) is 290 Å². The zero-order valence-corrected chi connectivity index (χ0v) is 43.1. The van der Waals surface area contributed by atoms with Gasteiger partial charge >= 0.3 is 24.4 Å². The van der Waals surface area contributed by atoms with Crippen molar-refractivity contribution in [3.63, 3.8) is 0 Å². The van der Waals surface area contributed by atoms with Crippen molar-refractivity contribution in [3.8, 4) is 0 Å². The normalized spacial score (nSPS) is 11.1. The average molecular weight is 966 g/mol. The molecule has 0 N–H and O–H groups in total. The van der Waals surface area contributed by atoms with Crippen LogP contribution in [-0.2, 0) is 14.4 Å². The van der Waals surface area contributed by atoms with E-state index in [-0.39, 0.29) is 24.4 Å². The van der Waals surface area contributed by atoms with Gasteiger partial charge in [0.25, 0.3) is 0 Å². The average Bonchev–Trinajstić information content (AvgIpc) is 3.22. The van der Waals surface area contributed by atoms with Gasteiger partial charge in [0.05, 0.1) is 17.9 Å². The minimum atomic E-state index is -1.08. The van der Waals surface area contributed by atoms with Gasteiger partial charge in [0.2, 0.25) is 0 Å². The van der Waals surface area contributed by atoms with Gasteiger partial charge < -0.3 is 29.7 Å². The molecule has 0 aliphatic heterocycles. The second kappa shape index (κ2) is 62.7. The number of carbonyl (C=O) groups excluding carboxylic acids is 3. The van der Waals surface area contributed by atoms with Crippen molar-refractivity contribution in [1.82, 2.24) is 0 Å². The number of unbranched alkanes of at least 4 members (excludes halogenated alkanes) is 39. The number of allylic oxidation sites excluding steroid dienone is 3. The summed E-state index contributed by atoms with van der Waals surface area (Å²) in [6.45, 7) is 6.79. The van der Waals surface area contributed by atoms with Crippen LogP contribution in [0, 0.1) is 0 Å². The Morgan fingerprint density at radius 3 is 0.525 bits per heavy atom. The molecular formula is C54H99O6Sb. The Labute approximate surface area is 396 Å². The SMILES string of the molecule is CCCCCCCCCCCCCCCC=CC(=O)[O-].CCCCCCCCCCCCCCCC=CC(=O)[O-].CCCCCCCCCCCCCCCC=CC(=O)[O-].[Sb+3]. The Morgan fingerprint density at radius 1 is 0.262 bits per heavy atom. The molecule has 0 aromatic rings. The van der Waals surface area contributed by atoms with E-state index in [0.29, 0.717) is 0 Å². The van der Waals surface area contributed by atoms with Crippen LogP contribution in [0.15, 0.2) is 36.5 Å².